The molecule has 1 aromatic rings. The molecule has 0 bridgehead atoms. The Hall–Kier alpha value is -1.40. The molecule has 0 spiro atoms. The third-order valence-corrected chi connectivity index (χ3v) is 2.85. The van der Waals surface area contributed by atoms with Crippen molar-refractivity contribution in [1.82, 2.24) is 14.9 Å². The van der Waals surface area contributed by atoms with Gasteiger partial charge in [0, 0.05) is 6.04 Å². The number of anilines is 2. The van der Waals surface area contributed by atoms with E-state index in [2.05, 4.69) is 32.7 Å². The maximum absolute atomic E-state index is 5.28. The van der Waals surface area contributed by atoms with Crippen LogP contribution in [0.25, 0.3) is 0 Å². The first-order valence-electron chi connectivity index (χ1n) is 5.51. The summed E-state index contributed by atoms with van der Waals surface area (Å²) in [4.78, 5) is 10.7. The van der Waals surface area contributed by atoms with Crippen molar-refractivity contribution >= 4 is 11.6 Å². The van der Waals surface area contributed by atoms with E-state index < -0.39 is 0 Å². The minimum atomic E-state index is 0.485. The molecule has 0 unspecified atom stereocenters. The number of likely N-dealkylation sites (tertiary alicyclic amines) is 1. The van der Waals surface area contributed by atoms with Crippen LogP contribution < -0.4 is 16.6 Å². The summed E-state index contributed by atoms with van der Waals surface area (Å²) < 4.78 is 0. The van der Waals surface area contributed by atoms with Crippen molar-refractivity contribution in [2.75, 3.05) is 30.9 Å². The molecule has 1 saturated heterocycles. The highest BCUT2D eigenvalue weighted by molar-refractivity contribution is 5.41. The van der Waals surface area contributed by atoms with E-state index in [0.29, 0.717) is 11.9 Å². The largest absolute Gasteiger partial charge is 0.366 e. The molecule has 16 heavy (non-hydrogen) atoms. The lowest BCUT2D eigenvalue weighted by atomic mass is 10.1. The molecule has 1 fully saturated rings. The Labute approximate surface area is 95.2 Å². The summed E-state index contributed by atoms with van der Waals surface area (Å²) >= 11 is 0. The van der Waals surface area contributed by atoms with Crippen molar-refractivity contribution < 1.29 is 0 Å². The minimum Gasteiger partial charge on any atom is -0.366 e. The van der Waals surface area contributed by atoms with E-state index in [0.717, 1.165) is 31.7 Å². The Balaban J connectivity index is 1.93. The van der Waals surface area contributed by atoms with Gasteiger partial charge in [-0.05, 0) is 33.0 Å². The fourth-order valence-electron chi connectivity index (χ4n) is 1.87. The van der Waals surface area contributed by atoms with Crippen molar-refractivity contribution in [3.05, 3.63) is 12.4 Å². The first-order valence-corrected chi connectivity index (χ1v) is 5.51. The Morgan fingerprint density at radius 2 is 2.00 bits per heavy atom. The van der Waals surface area contributed by atoms with Gasteiger partial charge >= 0.3 is 0 Å². The lowest BCUT2D eigenvalue weighted by Crippen LogP contribution is -2.36. The fraction of sp³-hybridized carbons (Fsp3) is 0.600. The van der Waals surface area contributed by atoms with Gasteiger partial charge in [-0.1, -0.05) is 0 Å². The molecular weight excluding hydrogens is 204 g/mol. The molecule has 1 aliphatic heterocycles. The fourth-order valence-corrected chi connectivity index (χ4v) is 1.87. The van der Waals surface area contributed by atoms with Gasteiger partial charge in [-0.2, -0.15) is 0 Å². The molecule has 6 nitrogen and oxygen atoms in total. The highest BCUT2D eigenvalue weighted by Gasteiger charge is 2.16. The average molecular weight is 222 g/mol. The van der Waals surface area contributed by atoms with E-state index >= 15 is 0 Å². The maximum Gasteiger partial charge on any atom is 0.160 e. The van der Waals surface area contributed by atoms with Gasteiger partial charge in [-0.25, -0.2) is 10.8 Å². The zero-order chi connectivity index (χ0) is 11.4. The molecule has 88 valence electrons. The molecule has 0 aromatic carbocycles. The Morgan fingerprint density at radius 1 is 1.31 bits per heavy atom. The molecule has 0 radical (unpaired) electrons. The summed E-state index contributed by atoms with van der Waals surface area (Å²) in [5.41, 5.74) is 2.49. The smallest absolute Gasteiger partial charge is 0.160 e. The second-order valence-electron chi connectivity index (χ2n) is 4.16. The van der Waals surface area contributed by atoms with Crippen LogP contribution in [0.1, 0.15) is 12.8 Å². The third-order valence-electron chi connectivity index (χ3n) is 2.85. The maximum atomic E-state index is 5.28. The van der Waals surface area contributed by atoms with E-state index in [-0.39, 0.29) is 0 Å². The molecule has 0 saturated carbocycles. The van der Waals surface area contributed by atoms with Gasteiger partial charge in [0.05, 0.1) is 12.4 Å². The van der Waals surface area contributed by atoms with E-state index in [1.165, 1.54) is 0 Å². The van der Waals surface area contributed by atoms with Crippen LogP contribution in [0.15, 0.2) is 12.4 Å². The lowest BCUT2D eigenvalue weighted by molar-refractivity contribution is 0.263. The van der Waals surface area contributed by atoms with Crippen LogP contribution in [0, 0.1) is 0 Å². The summed E-state index contributed by atoms with van der Waals surface area (Å²) in [6.07, 6.45) is 5.59. The summed E-state index contributed by atoms with van der Waals surface area (Å²) in [6.45, 7) is 2.25. The quantitative estimate of drug-likeness (QED) is 0.503. The summed E-state index contributed by atoms with van der Waals surface area (Å²) in [5, 5.41) is 3.38. The first kappa shape index (κ1) is 11.1. The second kappa shape index (κ2) is 5.09. The van der Waals surface area contributed by atoms with Crippen LogP contribution >= 0.6 is 0 Å². The molecule has 6 heteroatoms. The van der Waals surface area contributed by atoms with Crippen LogP contribution in [0.5, 0.6) is 0 Å². The normalized spacial score (nSPS) is 18.4. The number of piperidine rings is 1. The Bertz CT molecular complexity index is 334. The lowest BCUT2D eigenvalue weighted by Gasteiger charge is -2.29. The number of hydrazine groups is 1. The van der Waals surface area contributed by atoms with Crippen LogP contribution in [-0.2, 0) is 0 Å². The zero-order valence-electron chi connectivity index (χ0n) is 9.48. The molecule has 0 atom stereocenters. The first-order chi connectivity index (χ1) is 7.78. The van der Waals surface area contributed by atoms with Crippen LogP contribution in [0.4, 0.5) is 11.6 Å². The third kappa shape index (κ3) is 2.80. The molecule has 1 aromatic heterocycles. The molecule has 2 rings (SSSR count). The number of nitrogens with two attached hydrogens (primary N) is 1. The molecule has 2 heterocycles. The summed E-state index contributed by atoms with van der Waals surface area (Å²) in [5.74, 6) is 6.65. The Kier molecular flexibility index (Phi) is 3.53. The van der Waals surface area contributed by atoms with Crippen LogP contribution in [0.2, 0.25) is 0 Å². The molecule has 0 aliphatic carbocycles. The van der Waals surface area contributed by atoms with Crippen molar-refractivity contribution in [1.29, 1.82) is 0 Å². The van der Waals surface area contributed by atoms with E-state index in [4.69, 9.17) is 5.84 Å². The molecule has 4 N–H and O–H groups in total. The monoisotopic (exact) mass is 222 g/mol. The molecular formula is C10H18N6. The number of aromatic nitrogens is 2. The Morgan fingerprint density at radius 3 is 2.69 bits per heavy atom. The predicted molar refractivity (Wildman–Crippen MR) is 64.0 cm³/mol. The van der Waals surface area contributed by atoms with Crippen molar-refractivity contribution in [3.63, 3.8) is 0 Å². The molecule has 0 amide bonds. The summed E-state index contributed by atoms with van der Waals surface area (Å²) in [6, 6.07) is 0.485. The van der Waals surface area contributed by atoms with Crippen LogP contribution in [0.3, 0.4) is 0 Å². The number of hydrogen-bond acceptors (Lipinski definition) is 6. The number of nitrogens with one attached hydrogen (secondary N) is 2. The van der Waals surface area contributed by atoms with Crippen molar-refractivity contribution in [3.8, 4) is 0 Å². The highest BCUT2D eigenvalue weighted by atomic mass is 15.3. The summed E-state index contributed by atoms with van der Waals surface area (Å²) in [7, 11) is 2.15. The van der Waals surface area contributed by atoms with Gasteiger partial charge in [-0.3, -0.25) is 4.98 Å². The number of hydrogen-bond donors (Lipinski definition) is 3. The van der Waals surface area contributed by atoms with Gasteiger partial charge in [0.25, 0.3) is 0 Å². The van der Waals surface area contributed by atoms with Gasteiger partial charge < -0.3 is 15.6 Å². The van der Waals surface area contributed by atoms with E-state index in [1.807, 2.05) is 0 Å². The number of rotatable bonds is 3. The minimum absolute atomic E-state index is 0.485. The van der Waals surface area contributed by atoms with E-state index in [9.17, 15) is 0 Å². The highest BCUT2D eigenvalue weighted by Crippen LogP contribution is 2.14. The topological polar surface area (TPSA) is 79.1 Å². The van der Waals surface area contributed by atoms with Crippen LogP contribution in [-0.4, -0.2) is 41.0 Å². The van der Waals surface area contributed by atoms with Crippen molar-refractivity contribution in [2.24, 2.45) is 5.84 Å². The van der Waals surface area contributed by atoms with Gasteiger partial charge in [-0.15, -0.1) is 0 Å². The van der Waals surface area contributed by atoms with Gasteiger partial charge in [0.15, 0.2) is 5.82 Å². The second-order valence-corrected chi connectivity index (χ2v) is 4.16. The zero-order valence-corrected chi connectivity index (χ0v) is 9.48. The number of nitrogens with zero attached hydrogens (tertiary/aromatic N) is 3. The SMILES string of the molecule is CN1CCC(Nc2cncc(NN)n2)CC1. The van der Waals surface area contributed by atoms with Gasteiger partial charge in [0.1, 0.15) is 5.82 Å². The van der Waals surface area contributed by atoms with Gasteiger partial charge in [0.2, 0.25) is 0 Å². The standard InChI is InChI=1S/C10H18N6/c1-16-4-2-8(3-5-16)13-9-6-12-7-10(14-9)15-11/h6-8H,2-5,11H2,1H3,(H2,13,14,15). The predicted octanol–water partition coefficient (Wildman–Crippen LogP) is 0.268. The number of nitrogen functional groups attached to an aromatic ring is 1. The molecule has 1 aliphatic rings. The van der Waals surface area contributed by atoms with Crippen molar-refractivity contribution in [2.45, 2.75) is 18.9 Å². The average Bonchev–Trinajstić information content (AvgIpc) is 2.32. The van der Waals surface area contributed by atoms with E-state index in [1.54, 1.807) is 12.4 Å².